The summed E-state index contributed by atoms with van der Waals surface area (Å²) >= 11 is 12.2. The topological polar surface area (TPSA) is 49.4 Å². The Morgan fingerprint density at radius 2 is 1.81 bits per heavy atom. The number of benzene rings is 2. The number of rotatable bonds is 8. The molecule has 0 heterocycles. The van der Waals surface area contributed by atoms with Crippen molar-refractivity contribution in [2.24, 2.45) is 0 Å². The summed E-state index contributed by atoms with van der Waals surface area (Å²) in [6, 6.07) is 14.4. The molecule has 0 aromatic heterocycles. The molecule has 0 unspecified atom stereocenters. The first-order valence-corrected chi connectivity index (χ1v) is 9.73. The highest BCUT2D eigenvalue weighted by atomic mass is 35.5. The van der Waals surface area contributed by atoms with Gasteiger partial charge in [0, 0.05) is 29.6 Å². The number of likely N-dealkylation sites (N-methyl/N-ethyl adjacent to an activating group) is 1. The molecule has 0 aliphatic heterocycles. The molecular weight excluding hydrogens is 383 g/mol. The summed E-state index contributed by atoms with van der Waals surface area (Å²) < 4.78 is 0. The summed E-state index contributed by atoms with van der Waals surface area (Å²) in [5.41, 5.74) is 1.84. The van der Waals surface area contributed by atoms with E-state index in [-0.39, 0.29) is 18.4 Å². The van der Waals surface area contributed by atoms with E-state index >= 15 is 0 Å². The van der Waals surface area contributed by atoms with Crippen LogP contribution >= 0.6 is 23.2 Å². The van der Waals surface area contributed by atoms with Crippen LogP contribution in [0.15, 0.2) is 48.5 Å². The van der Waals surface area contributed by atoms with E-state index in [0.717, 1.165) is 11.1 Å². The third-order valence-corrected chi connectivity index (χ3v) is 4.93. The fraction of sp³-hybridized carbons (Fsp3) is 0.333. The molecule has 0 radical (unpaired) electrons. The summed E-state index contributed by atoms with van der Waals surface area (Å²) in [6.45, 7) is 4.34. The molecule has 2 aromatic carbocycles. The second-order valence-corrected chi connectivity index (χ2v) is 7.16. The molecule has 0 saturated carbocycles. The molecule has 2 rings (SSSR count). The number of carbonyl (C=O) groups excluding carboxylic acids is 2. The van der Waals surface area contributed by atoms with E-state index in [9.17, 15) is 9.59 Å². The molecule has 27 heavy (non-hydrogen) atoms. The molecule has 0 spiro atoms. The highest BCUT2D eigenvalue weighted by Gasteiger charge is 2.26. The number of hydrogen-bond donors (Lipinski definition) is 1. The average Bonchev–Trinajstić information content (AvgIpc) is 2.66. The molecule has 0 saturated heterocycles. The van der Waals surface area contributed by atoms with Gasteiger partial charge in [-0.25, -0.2) is 0 Å². The Morgan fingerprint density at radius 1 is 1.11 bits per heavy atom. The number of halogens is 2. The molecule has 2 aromatic rings. The minimum Gasteiger partial charge on any atom is -0.355 e. The van der Waals surface area contributed by atoms with Crippen LogP contribution in [0.25, 0.3) is 0 Å². The van der Waals surface area contributed by atoms with Gasteiger partial charge in [-0.1, -0.05) is 59.6 Å². The van der Waals surface area contributed by atoms with Crippen molar-refractivity contribution >= 4 is 35.0 Å². The Morgan fingerprint density at radius 3 is 2.44 bits per heavy atom. The van der Waals surface area contributed by atoms with Crippen LogP contribution in [0.5, 0.6) is 0 Å². The number of nitrogens with zero attached hydrogens (tertiary/aromatic N) is 1. The maximum Gasteiger partial charge on any atom is 0.242 e. The summed E-state index contributed by atoms with van der Waals surface area (Å²) in [6.07, 6.45) is 0.936. The Labute approximate surface area is 170 Å². The molecule has 0 bridgehead atoms. The molecule has 2 amide bonds. The van der Waals surface area contributed by atoms with Gasteiger partial charge in [-0.05, 0) is 43.5 Å². The van der Waals surface area contributed by atoms with Crippen molar-refractivity contribution in [1.29, 1.82) is 0 Å². The molecule has 1 N–H and O–H groups in total. The van der Waals surface area contributed by atoms with Gasteiger partial charge in [0.1, 0.15) is 6.04 Å². The van der Waals surface area contributed by atoms with Gasteiger partial charge < -0.3 is 10.2 Å². The van der Waals surface area contributed by atoms with Gasteiger partial charge in [0.15, 0.2) is 0 Å². The predicted octanol–water partition coefficient (Wildman–Crippen LogP) is 4.48. The van der Waals surface area contributed by atoms with Crippen LogP contribution in [0.3, 0.4) is 0 Å². The maximum absolute atomic E-state index is 12.9. The van der Waals surface area contributed by atoms with Crippen molar-refractivity contribution in [2.75, 3.05) is 6.54 Å². The molecule has 0 aliphatic carbocycles. The zero-order chi connectivity index (χ0) is 19.8. The lowest BCUT2D eigenvalue weighted by atomic mass is 10.1. The van der Waals surface area contributed by atoms with E-state index in [1.165, 1.54) is 0 Å². The van der Waals surface area contributed by atoms with Gasteiger partial charge in [-0.3, -0.25) is 9.59 Å². The molecule has 6 heteroatoms. The van der Waals surface area contributed by atoms with E-state index in [0.29, 0.717) is 29.4 Å². The zero-order valence-corrected chi connectivity index (χ0v) is 17.1. The minimum absolute atomic E-state index is 0.0939. The highest BCUT2D eigenvalue weighted by Crippen LogP contribution is 2.23. The SMILES string of the molecule is CCNC(=O)[C@@H](C)N(Cc1ccc(Cl)cc1Cl)C(=O)CCc1ccccc1. The first-order chi connectivity index (χ1) is 12.9. The third-order valence-electron chi connectivity index (χ3n) is 4.34. The summed E-state index contributed by atoms with van der Waals surface area (Å²) in [5.74, 6) is -0.278. The van der Waals surface area contributed by atoms with E-state index in [1.54, 1.807) is 30.0 Å². The van der Waals surface area contributed by atoms with Crippen LogP contribution in [-0.4, -0.2) is 29.3 Å². The van der Waals surface area contributed by atoms with E-state index < -0.39 is 6.04 Å². The Kier molecular flexibility index (Phi) is 8.14. The first kappa shape index (κ1) is 21.3. The largest absolute Gasteiger partial charge is 0.355 e. The predicted molar refractivity (Wildman–Crippen MR) is 110 cm³/mol. The lowest BCUT2D eigenvalue weighted by Gasteiger charge is -2.29. The number of nitrogens with one attached hydrogen (secondary N) is 1. The Hall–Kier alpha value is -2.04. The number of hydrogen-bond acceptors (Lipinski definition) is 2. The molecule has 144 valence electrons. The van der Waals surface area contributed by atoms with E-state index in [2.05, 4.69) is 5.32 Å². The second-order valence-electron chi connectivity index (χ2n) is 6.31. The van der Waals surface area contributed by atoms with Crippen LogP contribution < -0.4 is 5.32 Å². The maximum atomic E-state index is 12.9. The van der Waals surface area contributed by atoms with Crippen molar-refractivity contribution in [2.45, 2.75) is 39.3 Å². The minimum atomic E-state index is -0.597. The van der Waals surface area contributed by atoms with Gasteiger partial charge >= 0.3 is 0 Å². The quantitative estimate of drug-likeness (QED) is 0.702. The number of carbonyl (C=O) groups is 2. The van der Waals surface area contributed by atoms with Gasteiger partial charge in [-0.2, -0.15) is 0 Å². The zero-order valence-electron chi connectivity index (χ0n) is 15.5. The van der Waals surface area contributed by atoms with Gasteiger partial charge in [0.05, 0.1) is 0 Å². The van der Waals surface area contributed by atoms with Crippen molar-refractivity contribution in [3.05, 3.63) is 69.7 Å². The van der Waals surface area contributed by atoms with Crippen molar-refractivity contribution in [3.8, 4) is 0 Å². The monoisotopic (exact) mass is 406 g/mol. The molecular formula is C21H24Cl2N2O2. The standard InChI is InChI=1S/C21H24Cl2N2O2/c1-3-24-21(27)15(2)25(14-17-10-11-18(22)13-19(17)23)20(26)12-9-16-7-5-4-6-8-16/h4-8,10-11,13,15H,3,9,12,14H2,1-2H3,(H,24,27)/t15-/m1/s1. The van der Waals surface area contributed by atoms with Crippen LogP contribution in [-0.2, 0) is 22.6 Å². The van der Waals surface area contributed by atoms with Crippen LogP contribution in [0, 0.1) is 0 Å². The Balaban J connectivity index is 2.17. The van der Waals surface area contributed by atoms with Gasteiger partial charge in [0.25, 0.3) is 0 Å². The van der Waals surface area contributed by atoms with Crippen LogP contribution in [0.2, 0.25) is 10.0 Å². The van der Waals surface area contributed by atoms with Crippen LogP contribution in [0.4, 0.5) is 0 Å². The lowest BCUT2D eigenvalue weighted by Crippen LogP contribution is -2.47. The summed E-state index contributed by atoms with van der Waals surface area (Å²) in [5, 5.41) is 3.79. The fourth-order valence-corrected chi connectivity index (χ4v) is 3.25. The molecule has 4 nitrogen and oxygen atoms in total. The number of aryl methyl sites for hydroxylation is 1. The summed E-state index contributed by atoms with van der Waals surface area (Å²) in [7, 11) is 0. The van der Waals surface area contributed by atoms with Crippen molar-refractivity contribution in [3.63, 3.8) is 0 Å². The van der Waals surface area contributed by atoms with Crippen LogP contribution in [0.1, 0.15) is 31.4 Å². The molecule has 0 fully saturated rings. The van der Waals surface area contributed by atoms with Gasteiger partial charge in [0.2, 0.25) is 11.8 Å². The highest BCUT2D eigenvalue weighted by molar-refractivity contribution is 6.35. The average molecular weight is 407 g/mol. The molecule has 0 aliphatic rings. The fourth-order valence-electron chi connectivity index (χ4n) is 2.78. The molecule has 1 atom stereocenters. The summed E-state index contributed by atoms with van der Waals surface area (Å²) in [4.78, 5) is 26.8. The Bertz CT molecular complexity index is 781. The van der Waals surface area contributed by atoms with E-state index in [4.69, 9.17) is 23.2 Å². The second kappa shape index (κ2) is 10.3. The normalized spacial score (nSPS) is 11.7. The van der Waals surface area contributed by atoms with E-state index in [1.807, 2.05) is 37.3 Å². The smallest absolute Gasteiger partial charge is 0.242 e. The first-order valence-electron chi connectivity index (χ1n) is 8.97. The van der Waals surface area contributed by atoms with Gasteiger partial charge in [-0.15, -0.1) is 0 Å². The van der Waals surface area contributed by atoms with Crippen molar-refractivity contribution < 1.29 is 9.59 Å². The lowest BCUT2D eigenvalue weighted by molar-refractivity contribution is -0.140. The third kappa shape index (κ3) is 6.26. The van der Waals surface area contributed by atoms with Crippen molar-refractivity contribution in [1.82, 2.24) is 10.2 Å². The number of amides is 2.